The lowest BCUT2D eigenvalue weighted by molar-refractivity contribution is -0.157. The van der Waals surface area contributed by atoms with Crippen molar-refractivity contribution in [3.63, 3.8) is 0 Å². The molecule has 0 aromatic heterocycles. The Morgan fingerprint density at radius 2 is 1.63 bits per heavy atom. The summed E-state index contributed by atoms with van der Waals surface area (Å²) in [5, 5.41) is 5.71. The quantitative estimate of drug-likeness (QED) is 0.499. The van der Waals surface area contributed by atoms with E-state index in [4.69, 9.17) is 9.47 Å². The van der Waals surface area contributed by atoms with Crippen molar-refractivity contribution in [2.24, 2.45) is 5.92 Å². The zero-order valence-electron chi connectivity index (χ0n) is 18.4. The molecular formula is C23H34N2O5. The number of esters is 1. The number of ether oxygens (including phenoxy) is 2. The maximum Gasteiger partial charge on any atom is 0.329 e. The molecule has 1 aliphatic carbocycles. The highest BCUT2D eigenvalue weighted by Crippen LogP contribution is 2.19. The van der Waals surface area contributed by atoms with E-state index in [1.807, 2.05) is 13.8 Å². The van der Waals surface area contributed by atoms with Gasteiger partial charge in [-0.25, -0.2) is 4.79 Å². The third kappa shape index (κ3) is 6.75. The first-order valence-electron chi connectivity index (χ1n) is 10.8. The van der Waals surface area contributed by atoms with E-state index >= 15 is 0 Å². The minimum atomic E-state index is -0.926. The lowest BCUT2D eigenvalue weighted by Crippen LogP contribution is -2.48. The predicted octanol–water partition coefficient (Wildman–Crippen LogP) is 3.22. The number of carbonyl (C=O) groups excluding carboxylic acids is 3. The Balaban J connectivity index is 1.97. The molecule has 30 heavy (non-hydrogen) atoms. The average molecular weight is 419 g/mol. The molecule has 1 fully saturated rings. The van der Waals surface area contributed by atoms with E-state index in [0.29, 0.717) is 11.3 Å². The molecule has 0 unspecified atom stereocenters. The van der Waals surface area contributed by atoms with Gasteiger partial charge in [-0.3, -0.25) is 9.59 Å². The highest BCUT2D eigenvalue weighted by atomic mass is 16.5. The minimum absolute atomic E-state index is 0.132. The molecule has 2 rings (SSSR count). The van der Waals surface area contributed by atoms with Crippen molar-refractivity contribution in [3.05, 3.63) is 29.8 Å². The molecule has 1 aliphatic rings. The summed E-state index contributed by atoms with van der Waals surface area (Å²) in [4.78, 5) is 37.9. The number of hydrogen-bond donors (Lipinski definition) is 2. The Bertz CT molecular complexity index is 726. The molecule has 1 saturated carbocycles. The Hall–Kier alpha value is -2.57. The average Bonchev–Trinajstić information content (AvgIpc) is 2.99. The molecule has 0 radical (unpaired) electrons. The van der Waals surface area contributed by atoms with Crippen LogP contribution in [0.2, 0.25) is 0 Å². The number of nitrogens with one attached hydrogen (secondary N) is 2. The van der Waals surface area contributed by atoms with Gasteiger partial charge in [-0.2, -0.15) is 0 Å². The fourth-order valence-electron chi connectivity index (χ4n) is 3.59. The van der Waals surface area contributed by atoms with Crippen LogP contribution in [0.25, 0.3) is 0 Å². The van der Waals surface area contributed by atoms with Crippen molar-refractivity contribution in [1.82, 2.24) is 10.6 Å². The molecule has 166 valence electrons. The van der Waals surface area contributed by atoms with Crippen LogP contribution < -0.4 is 15.4 Å². The van der Waals surface area contributed by atoms with Crippen LogP contribution in [0, 0.1) is 5.92 Å². The van der Waals surface area contributed by atoms with E-state index in [0.717, 1.165) is 25.7 Å². The molecule has 0 saturated heterocycles. The summed E-state index contributed by atoms with van der Waals surface area (Å²) in [6, 6.07) is 6.04. The number of amides is 2. The topological polar surface area (TPSA) is 93.7 Å². The second kappa shape index (κ2) is 11.6. The van der Waals surface area contributed by atoms with Crippen LogP contribution >= 0.6 is 0 Å². The normalized spacial score (nSPS) is 16.8. The van der Waals surface area contributed by atoms with Crippen molar-refractivity contribution >= 4 is 17.8 Å². The Morgan fingerprint density at radius 3 is 2.23 bits per heavy atom. The second-order valence-electron chi connectivity index (χ2n) is 8.17. The van der Waals surface area contributed by atoms with Gasteiger partial charge >= 0.3 is 5.97 Å². The summed E-state index contributed by atoms with van der Waals surface area (Å²) < 4.78 is 10.6. The monoisotopic (exact) mass is 418 g/mol. The smallest absolute Gasteiger partial charge is 0.329 e. The number of hydrogen-bond acceptors (Lipinski definition) is 5. The zero-order chi connectivity index (χ0) is 22.1. The number of rotatable bonds is 8. The Labute approximate surface area is 178 Å². The van der Waals surface area contributed by atoms with E-state index in [1.54, 1.807) is 31.2 Å². The molecule has 0 spiro atoms. The van der Waals surface area contributed by atoms with Crippen LogP contribution in [0.4, 0.5) is 0 Å². The molecule has 0 aliphatic heterocycles. The van der Waals surface area contributed by atoms with Crippen LogP contribution in [0.1, 0.15) is 69.7 Å². The van der Waals surface area contributed by atoms with Gasteiger partial charge in [0.2, 0.25) is 0 Å². The van der Waals surface area contributed by atoms with Crippen molar-refractivity contribution in [2.75, 3.05) is 7.11 Å². The molecule has 2 atom stereocenters. The second-order valence-corrected chi connectivity index (χ2v) is 8.17. The molecular weight excluding hydrogens is 384 g/mol. The van der Waals surface area contributed by atoms with E-state index in [2.05, 4.69) is 10.6 Å². The van der Waals surface area contributed by atoms with Gasteiger partial charge in [0.15, 0.2) is 6.10 Å². The zero-order valence-corrected chi connectivity index (χ0v) is 18.4. The summed E-state index contributed by atoms with van der Waals surface area (Å²) in [5.74, 6) is -1.15. The number of carbonyl (C=O) groups is 3. The first-order valence-corrected chi connectivity index (χ1v) is 10.8. The Morgan fingerprint density at radius 1 is 1.00 bits per heavy atom. The highest BCUT2D eigenvalue weighted by Gasteiger charge is 2.30. The molecule has 2 amide bonds. The molecule has 0 heterocycles. The van der Waals surface area contributed by atoms with Crippen LogP contribution in [0.3, 0.4) is 0 Å². The fraction of sp³-hybridized carbons (Fsp3) is 0.609. The number of benzene rings is 1. The van der Waals surface area contributed by atoms with Gasteiger partial charge in [0, 0.05) is 6.04 Å². The SMILES string of the molecule is COc1ccccc1C(=O)N[C@H](C(=O)O[C@@H](C)C(=O)NC1CCCCCC1)C(C)C. The van der Waals surface area contributed by atoms with Gasteiger partial charge in [-0.15, -0.1) is 0 Å². The molecule has 7 heteroatoms. The first-order chi connectivity index (χ1) is 14.3. The summed E-state index contributed by atoms with van der Waals surface area (Å²) in [6.07, 6.45) is 5.57. The van der Waals surface area contributed by atoms with E-state index in [1.165, 1.54) is 20.0 Å². The molecule has 1 aromatic rings. The number of methoxy groups -OCH3 is 1. The van der Waals surface area contributed by atoms with Gasteiger partial charge in [0.25, 0.3) is 11.8 Å². The third-order valence-electron chi connectivity index (χ3n) is 5.42. The summed E-state index contributed by atoms with van der Waals surface area (Å²) in [7, 11) is 1.48. The largest absolute Gasteiger partial charge is 0.496 e. The lowest BCUT2D eigenvalue weighted by atomic mass is 10.0. The fourth-order valence-corrected chi connectivity index (χ4v) is 3.59. The summed E-state index contributed by atoms with van der Waals surface area (Å²) in [5.41, 5.74) is 0.331. The van der Waals surface area contributed by atoms with Gasteiger partial charge in [0.1, 0.15) is 11.8 Å². The van der Waals surface area contributed by atoms with Gasteiger partial charge in [-0.05, 0) is 37.8 Å². The number of para-hydroxylation sites is 1. The van der Waals surface area contributed by atoms with Crippen LogP contribution in [0.15, 0.2) is 24.3 Å². The molecule has 1 aromatic carbocycles. The predicted molar refractivity (Wildman–Crippen MR) is 114 cm³/mol. The maximum absolute atomic E-state index is 12.7. The maximum atomic E-state index is 12.7. The van der Waals surface area contributed by atoms with Crippen molar-refractivity contribution in [2.45, 2.75) is 77.5 Å². The van der Waals surface area contributed by atoms with Crippen molar-refractivity contribution < 1.29 is 23.9 Å². The van der Waals surface area contributed by atoms with Crippen molar-refractivity contribution in [1.29, 1.82) is 0 Å². The van der Waals surface area contributed by atoms with Crippen LogP contribution in [-0.2, 0) is 14.3 Å². The van der Waals surface area contributed by atoms with Crippen LogP contribution in [-0.4, -0.2) is 43.1 Å². The highest BCUT2D eigenvalue weighted by molar-refractivity contribution is 5.99. The molecule has 0 bridgehead atoms. The van der Waals surface area contributed by atoms with E-state index < -0.39 is 24.0 Å². The van der Waals surface area contributed by atoms with Crippen LogP contribution in [0.5, 0.6) is 5.75 Å². The third-order valence-corrected chi connectivity index (χ3v) is 5.42. The van der Waals surface area contributed by atoms with Gasteiger partial charge < -0.3 is 20.1 Å². The Kier molecular flexibility index (Phi) is 9.15. The molecule has 2 N–H and O–H groups in total. The standard InChI is InChI=1S/C23H34N2O5/c1-15(2)20(25-22(27)18-13-9-10-14-19(18)29-4)23(28)30-16(3)21(26)24-17-11-7-5-6-8-12-17/h9-10,13-17,20H,5-8,11-12H2,1-4H3,(H,24,26)(H,25,27)/t16-,20-/m0/s1. The van der Waals surface area contributed by atoms with Gasteiger partial charge in [-0.1, -0.05) is 51.7 Å². The summed E-state index contributed by atoms with van der Waals surface area (Å²) >= 11 is 0. The van der Waals surface area contributed by atoms with E-state index in [-0.39, 0.29) is 17.9 Å². The molecule has 7 nitrogen and oxygen atoms in total. The van der Waals surface area contributed by atoms with E-state index in [9.17, 15) is 14.4 Å². The minimum Gasteiger partial charge on any atom is -0.496 e. The van der Waals surface area contributed by atoms with Crippen molar-refractivity contribution in [3.8, 4) is 5.75 Å². The summed E-state index contributed by atoms with van der Waals surface area (Å²) in [6.45, 7) is 5.18. The first kappa shape index (κ1) is 23.7. The lowest BCUT2D eigenvalue weighted by Gasteiger charge is -2.24. The van der Waals surface area contributed by atoms with Gasteiger partial charge in [0.05, 0.1) is 12.7 Å².